The second-order valence-corrected chi connectivity index (χ2v) is 6.35. The van der Waals surface area contributed by atoms with E-state index < -0.39 is 35.2 Å². The molecule has 2 N–H and O–H groups in total. The van der Waals surface area contributed by atoms with Gasteiger partial charge < -0.3 is 19.8 Å². The summed E-state index contributed by atoms with van der Waals surface area (Å²) in [5.74, 6) is -2.32. The van der Waals surface area contributed by atoms with Crippen molar-refractivity contribution in [1.29, 1.82) is 0 Å². The highest BCUT2D eigenvalue weighted by atomic mass is 19.4. The van der Waals surface area contributed by atoms with Crippen molar-refractivity contribution in [3.05, 3.63) is 76.4 Å². The van der Waals surface area contributed by atoms with E-state index in [1.165, 1.54) is 23.1 Å². The molecule has 1 aliphatic heterocycles. The molecule has 1 atom stereocenters. The molecule has 2 aromatic rings. The van der Waals surface area contributed by atoms with Gasteiger partial charge in [0.2, 0.25) is 5.88 Å². The molecular formula is C20H17F4NO4. The Kier molecular flexibility index (Phi) is 5.52. The fourth-order valence-corrected chi connectivity index (χ4v) is 3.19. The van der Waals surface area contributed by atoms with Crippen LogP contribution in [-0.2, 0) is 22.3 Å². The second-order valence-electron chi connectivity index (χ2n) is 6.35. The quantitative estimate of drug-likeness (QED) is 0.721. The number of rotatable bonds is 5. The molecule has 1 unspecified atom stereocenters. The van der Waals surface area contributed by atoms with Crippen LogP contribution in [-0.4, -0.2) is 22.8 Å². The summed E-state index contributed by atoms with van der Waals surface area (Å²) in [6.07, 6.45) is -6.33. The number of carbonyl (C=O) groups is 1. The summed E-state index contributed by atoms with van der Waals surface area (Å²) in [5, 5.41) is 20.1. The number of benzene rings is 2. The van der Waals surface area contributed by atoms with Crippen molar-refractivity contribution < 1.29 is 37.3 Å². The first-order chi connectivity index (χ1) is 13.6. The van der Waals surface area contributed by atoms with Crippen LogP contribution < -0.4 is 4.90 Å². The third kappa shape index (κ3) is 4.04. The van der Waals surface area contributed by atoms with Gasteiger partial charge in [-0.2, -0.15) is 13.2 Å². The van der Waals surface area contributed by atoms with E-state index in [2.05, 4.69) is 0 Å². The van der Waals surface area contributed by atoms with Crippen LogP contribution >= 0.6 is 0 Å². The topological polar surface area (TPSA) is 70.0 Å². The van der Waals surface area contributed by atoms with Gasteiger partial charge in [0.15, 0.2) is 0 Å². The Hall–Kier alpha value is -3.07. The Morgan fingerprint density at radius 2 is 1.93 bits per heavy atom. The molecule has 0 aromatic heterocycles. The molecule has 0 aliphatic carbocycles. The normalized spacial score (nSPS) is 16.6. The highest BCUT2D eigenvalue weighted by Crippen LogP contribution is 2.44. The number of ether oxygens (including phenoxy) is 1. The highest BCUT2D eigenvalue weighted by molar-refractivity contribution is 5.91. The maximum atomic E-state index is 13.6. The van der Waals surface area contributed by atoms with Gasteiger partial charge >= 0.3 is 12.1 Å². The first-order valence-electron chi connectivity index (χ1n) is 8.65. The number of fused-ring (bicyclic) bond motifs is 1. The van der Waals surface area contributed by atoms with Crippen LogP contribution in [0.4, 0.5) is 23.2 Å². The number of carboxylic acids is 1. The van der Waals surface area contributed by atoms with Gasteiger partial charge in [-0.25, -0.2) is 9.18 Å². The number of alkyl halides is 3. The number of aliphatic hydroxyl groups excluding tert-OH is 1. The summed E-state index contributed by atoms with van der Waals surface area (Å²) < 4.78 is 58.8. The largest absolute Gasteiger partial charge is 0.479 e. The van der Waals surface area contributed by atoms with Crippen molar-refractivity contribution in [3.63, 3.8) is 0 Å². The molecule has 0 saturated carbocycles. The maximum absolute atomic E-state index is 13.6. The van der Waals surface area contributed by atoms with E-state index in [1.807, 2.05) is 0 Å². The lowest BCUT2D eigenvalue weighted by molar-refractivity contribution is -0.138. The average molecular weight is 411 g/mol. The zero-order valence-corrected chi connectivity index (χ0v) is 15.2. The molecule has 29 heavy (non-hydrogen) atoms. The molecule has 0 bridgehead atoms. The molecular weight excluding hydrogens is 394 g/mol. The van der Waals surface area contributed by atoms with Gasteiger partial charge in [0, 0.05) is 5.56 Å². The van der Waals surface area contributed by atoms with Crippen molar-refractivity contribution in [2.75, 3.05) is 11.5 Å². The minimum absolute atomic E-state index is 0.00673. The summed E-state index contributed by atoms with van der Waals surface area (Å²) in [7, 11) is 0. The average Bonchev–Trinajstić information content (AvgIpc) is 2.63. The number of aliphatic hydroxyl groups is 1. The van der Waals surface area contributed by atoms with Crippen molar-refractivity contribution in [1.82, 2.24) is 0 Å². The molecule has 5 nitrogen and oxygen atoms in total. The highest BCUT2D eigenvalue weighted by Gasteiger charge is 2.39. The first-order valence-corrected chi connectivity index (χ1v) is 8.65. The van der Waals surface area contributed by atoms with Crippen LogP contribution in [0.3, 0.4) is 0 Å². The maximum Gasteiger partial charge on any atom is 0.416 e. The predicted molar refractivity (Wildman–Crippen MR) is 95.3 cm³/mol. The summed E-state index contributed by atoms with van der Waals surface area (Å²) in [4.78, 5) is 13.0. The van der Waals surface area contributed by atoms with E-state index in [0.717, 1.165) is 18.2 Å². The lowest BCUT2D eigenvalue weighted by Crippen LogP contribution is -2.34. The van der Waals surface area contributed by atoms with Gasteiger partial charge in [0.05, 0.1) is 24.4 Å². The first kappa shape index (κ1) is 20.7. The zero-order chi connectivity index (χ0) is 21.3. The predicted octanol–water partition coefficient (Wildman–Crippen LogP) is 4.23. The molecule has 1 aliphatic rings. The number of hydrogen-bond donors (Lipinski definition) is 2. The van der Waals surface area contributed by atoms with E-state index in [-0.39, 0.29) is 30.3 Å². The van der Waals surface area contributed by atoms with E-state index in [9.17, 15) is 32.6 Å². The summed E-state index contributed by atoms with van der Waals surface area (Å²) in [6, 6.07) is 7.99. The fourth-order valence-electron chi connectivity index (χ4n) is 3.19. The standard InChI is InChI=1S/C20H17F4NO4/c1-2-29-18-16(19(27)28)17(26)14-7-6-12(20(22,23)24)9-15(14)25(18)10-11-4-3-5-13(21)8-11/h3-9,17,26H,2,10H2,1H3,(H,27,28). The number of anilines is 1. The summed E-state index contributed by atoms with van der Waals surface area (Å²) in [5.41, 5.74) is -1.18. The minimum Gasteiger partial charge on any atom is -0.479 e. The summed E-state index contributed by atoms with van der Waals surface area (Å²) in [6.45, 7) is 1.42. The van der Waals surface area contributed by atoms with Crippen molar-refractivity contribution in [2.45, 2.75) is 25.7 Å². The SMILES string of the molecule is CCOC1=C(C(=O)O)C(O)c2ccc(C(F)(F)F)cc2N1Cc1cccc(F)c1. The molecule has 0 amide bonds. The molecule has 0 radical (unpaired) electrons. The Balaban J connectivity index is 2.22. The molecule has 2 aromatic carbocycles. The van der Waals surface area contributed by atoms with Crippen LogP contribution in [0.25, 0.3) is 0 Å². The number of hydrogen-bond acceptors (Lipinski definition) is 4. The van der Waals surface area contributed by atoms with Crippen LogP contribution in [0.5, 0.6) is 0 Å². The third-order valence-electron chi connectivity index (χ3n) is 4.43. The van der Waals surface area contributed by atoms with Crippen molar-refractivity contribution >= 4 is 11.7 Å². The van der Waals surface area contributed by atoms with Crippen molar-refractivity contribution in [2.24, 2.45) is 0 Å². The Morgan fingerprint density at radius 1 is 1.21 bits per heavy atom. The van der Waals surface area contributed by atoms with E-state index in [4.69, 9.17) is 4.74 Å². The fraction of sp³-hybridized carbons (Fsp3) is 0.250. The lowest BCUT2D eigenvalue weighted by atomic mass is 9.93. The second kappa shape index (κ2) is 7.75. The van der Waals surface area contributed by atoms with Crippen LogP contribution in [0.15, 0.2) is 53.9 Å². The smallest absolute Gasteiger partial charge is 0.416 e. The lowest BCUT2D eigenvalue weighted by Gasteiger charge is -2.36. The van der Waals surface area contributed by atoms with Gasteiger partial charge in [-0.05, 0) is 36.8 Å². The minimum atomic E-state index is -4.65. The Bertz CT molecular complexity index is 971. The van der Waals surface area contributed by atoms with Gasteiger partial charge in [0.1, 0.15) is 17.5 Å². The zero-order valence-electron chi connectivity index (χ0n) is 15.2. The van der Waals surface area contributed by atoms with E-state index in [0.29, 0.717) is 5.56 Å². The summed E-state index contributed by atoms with van der Waals surface area (Å²) >= 11 is 0. The molecule has 0 saturated heterocycles. The van der Waals surface area contributed by atoms with E-state index in [1.54, 1.807) is 13.0 Å². The molecule has 0 fully saturated rings. The molecule has 1 heterocycles. The van der Waals surface area contributed by atoms with Gasteiger partial charge in [-0.1, -0.05) is 18.2 Å². The molecule has 9 heteroatoms. The van der Waals surface area contributed by atoms with Crippen molar-refractivity contribution in [3.8, 4) is 0 Å². The van der Waals surface area contributed by atoms with Crippen LogP contribution in [0, 0.1) is 5.82 Å². The molecule has 0 spiro atoms. The third-order valence-corrected chi connectivity index (χ3v) is 4.43. The number of carboxylic acid groups (broad SMARTS) is 1. The van der Waals surface area contributed by atoms with Gasteiger partial charge in [-0.15, -0.1) is 0 Å². The number of nitrogens with zero attached hydrogens (tertiary/aromatic N) is 1. The monoisotopic (exact) mass is 411 g/mol. The van der Waals surface area contributed by atoms with E-state index >= 15 is 0 Å². The Morgan fingerprint density at radius 3 is 2.52 bits per heavy atom. The molecule has 3 rings (SSSR count). The van der Waals surface area contributed by atoms with Crippen LogP contribution in [0.1, 0.15) is 29.7 Å². The number of aliphatic carboxylic acids is 1. The van der Waals surface area contributed by atoms with Gasteiger partial charge in [0.25, 0.3) is 0 Å². The van der Waals surface area contributed by atoms with Gasteiger partial charge in [-0.3, -0.25) is 0 Å². The van der Waals surface area contributed by atoms with Crippen LogP contribution in [0.2, 0.25) is 0 Å². The Labute approximate surface area is 163 Å². The molecule has 154 valence electrons. The number of halogens is 4.